The predicted molar refractivity (Wildman–Crippen MR) is 66.2 cm³/mol. The SMILES string of the molecule is COC(OC)[Si]C(C(C)(C)C)C(C)(C)C. The van der Waals surface area contributed by atoms with Crippen LogP contribution in [-0.4, -0.2) is 29.7 Å². The molecule has 0 aromatic rings. The number of hydrogen-bond donors (Lipinski definition) is 0. The molecule has 0 atom stereocenters. The maximum absolute atomic E-state index is 5.31. The molecular weight excluding hydrogens is 204 g/mol. The summed E-state index contributed by atoms with van der Waals surface area (Å²) in [5.41, 5.74) is 1.16. The van der Waals surface area contributed by atoms with Crippen LogP contribution in [-0.2, 0) is 9.47 Å². The molecule has 0 aromatic heterocycles. The van der Waals surface area contributed by atoms with Crippen LogP contribution in [0.15, 0.2) is 0 Å². The van der Waals surface area contributed by atoms with E-state index in [1.54, 1.807) is 14.2 Å². The van der Waals surface area contributed by atoms with Crippen molar-refractivity contribution in [2.24, 2.45) is 10.8 Å². The van der Waals surface area contributed by atoms with Crippen molar-refractivity contribution in [1.82, 2.24) is 0 Å². The molecule has 2 radical (unpaired) electrons. The molecular formula is C12H26O2Si. The molecule has 3 heteroatoms. The van der Waals surface area contributed by atoms with E-state index in [9.17, 15) is 0 Å². The van der Waals surface area contributed by atoms with E-state index in [1.165, 1.54) is 0 Å². The van der Waals surface area contributed by atoms with E-state index in [4.69, 9.17) is 9.47 Å². The fourth-order valence-electron chi connectivity index (χ4n) is 2.17. The molecule has 0 aliphatic heterocycles. The largest absolute Gasteiger partial charge is 0.360 e. The fourth-order valence-corrected chi connectivity index (χ4v) is 3.71. The highest BCUT2D eigenvalue weighted by atomic mass is 28.2. The van der Waals surface area contributed by atoms with Crippen LogP contribution >= 0.6 is 0 Å². The van der Waals surface area contributed by atoms with Gasteiger partial charge in [-0.15, -0.1) is 0 Å². The highest BCUT2D eigenvalue weighted by molar-refractivity contribution is 6.39. The van der Waals surface area contributed by atoms with Crippen LogP contribution in [0, 0.1) is 10.8 Å². The van der Waals surface area contributed by atoms with E-state index in [-0.39, 0.29) is 16.7 Å². The van der Waals surface area contributed by atoms with Gasteiger partial charge < -0.3 is 9.47 Å². The predicted octanol–water partition coefficient (Wildman–Crippen LogP) is 3.15. The summed E-state index contributed by atoms with van der Waals surface area (Å²) in [4.78, 5) is 0. The van der Waals surface area contributed by atoms with Crippen molar-refractivity contribution in [2.75, 3.05) is 14.2 Å². The van der Waals surface area contributed by atoms with E-state index >= 15 is 0 Å². The maximum Gasteiger partial charge on any atom is 0.136 e. The van der Waals surface area contributed by atoms with Gasteiger partial charge in [0.05, 0.1) is 0 Å². The highest BCUT2D eigenvalue weighted by Crippen LogP contribution is 2.44. The van der Waals surface area contributed by atoms with E-state index in [0.29, 0.717) is 15.1 Å². The first-order chi connectivity index (χ1) is 6.62. The molecule has 0 fully saturated rings. The van der Waals surface area contributed by atoms with Crippen molar-refractivity contribution < 1.29 is 9.47 Å². The lowest BCUT2D eigenvalue weighted by atomic mass is 9.77. The van der Waals surface area contributed by atoms with Gasteiger partial charge >= 0.3 is 0 Å². The van der Waals surface area contributed by atoms with Gasteiger partial charge in [0.25, 0.3) is 0 Å². The van der Waals surface area contributed by atoms with E-state index in [2.05, 4.69) is 41.5 Å². The van der Waals surface area contributed by atoms with Gasteiger partial charge in [-0.1, -0.05) is 41.5 Å². The second kappa shape index (κ2) is 5.46. The van der Waals surface area contributed by atoms with Crippen molar-refractivity contribution in [1.29, 1.82) is 0 Å². The lowest BCUT2D eigenvalue weighted by Gasteiger charge is -2.41. The van der Waals surface area contributed by atoms with Gasteiger partial charge in [-0.25, -0.2) is 0 Å². The first-order valence-corrected chi connectivity index (χ1v) is 6.60. The van der Waals surface area contributed by atoms with Crippen LogP contribution < -0.4 is 0 Å². The monoisotopic (exact) mass is 230 g/mol. The van der Waals surface area contributed by atoms with Gasteiger partial charge in [0.2, 0.25) is 0 Å². The first-order valence-electron chi connectivity index (χ1n) is 5.44. The Labute approximate surface area is 97.6 Å². The molecule has 15 heavy (non-hydrogen) atoms. The third-order valence-electron chi connectivity index (χ3n) is 2.46. The highest BCUT2D eigenvalue weighted by Gasteiger charge is 2.37. The van der Waals surface area contributed by atoms with Crippen molar-refractivity contribution in [3.05, 3.63) is 0 Å². The van der Waals surface area contributed by atoms with Gasteiger partial charge in [0.15, 0.2) is 0 Å². The van der Waals surface area contributed by atoms with Gasteiger partial charge in [-0.05, 0) is 16.4 Å². The summed E-state index contributed by atoms with van der Waals surface area (Å²) in [5.74, 6) is -0.0616. The first kappa shape index (κ1) is 15.1. The zero-order valence-electron chi connectivity index (χ0n) is 11.5. The Hall–Kier alpha value is 0.137. The standard InChI is InChI=1S/C12H26O2Si/c1-11(2,3)9(12(4,5)6)15-10(13-7)14-8/h9-10H,1-8H3. The molecule has 0 N–H and O–H groups in total. The third kappa shape index (κ3) is 5.14. The summed E-state index contributed by atoms with van der Waals surface area (Å²) in [6, 6.07) is 0. The zero-order chi connectivity index (χ0) is 12.3. The van der Waals surface area contributed by atoms with Crippen molar-refractivity contribution >= 4 is 9.52 Å². The summed E-state index contributed by atoms with van der Waals surface area (Å²) in [5, 5.41) is 0. The van der Waals surface area contributed by atoms with Crippen LogP contribution in [0.25, 0.3) is 0 Å². The molecule has 2 nitrogen and oxygen atoms in total. The Balaban J connectivity index is 4.67. The number of methoxy groups -OCH3 is 2. The smallest absolute Gasteiger partial charge is 0.136 e. The van der Waals surface area contributed by atoms with Crippen molar-refractivity contribution in [3.63, 3.8) is 0 Å². The molecule has 0 aliphatic carbocycles. The molecule has 0 heterocycles. The lowest BCUT2D eigenvalue weighted by Crippen LogP contribution is -2.38. The van der Waals surface area contributed by atoms with Gasteiger partial charge in [0.1, 0.15) is 15.4 Å². The summed E-state index contributed by atoms with van der Waals surface area (Å²) in [6.45, 7) is 13.7. The van der Waals surface area contributed by atoms with Crippen molar-refractivity contribution in [2.45, 2.75) is 53.0 Å². The summed E-state index contributed by atoms with van der Waals surface area (Å²) in [7, 11) is 4.10. The molecule has 0 aromatic carbocycles. The minimum absolute atomic E-state index is 0.0616. The molecule has 0 bridgehead atoms. The Bertz CT molecular complexity index is 161. The van der Waals surface area contributed by atoms with Gasteiger partial charge in [-0.3, -0.25) is 0 Å². The Morgan fingerprint density at radius 1 is 0.800 bits per heavy atom. The summed E-state index contributed by atoms with van der Waals surface area (Å²) < 4.78 is 10.6. The van der Waals surface area contributed by atoms with Gasteiger partial charge in [0, 0.05) is 14.2 Å². The molecule has 90 valence electrons. The summed E-state index contributed by atoms with van der Waals surface area (Å²) in [6.07, 6.45) is 0. The van der Waals surface area contributed by atoms with E-state index < -0.39 is 0 Å². The molecule has 0 amide bonds. The normalized spacial score (nSPS) is 14.0. The second-order valence-corrected chi connectivity index (χ2v) is 7.52. The second-order valence-electron chi connectivity index (χ2n) is 6.14. The minimum Gasteiger partial charge on any atom is -0.360 e. The molecule has 0 saturated heterocycles. The number of ether oxygens (including phenoxy) is 2. The lowest BCUT2D eigenvalue weighted by molar-refractivity contribution is -0.0471. The Kier molecular flexibility index (Phi) is 5.51. The third-order valence-corrected chi connectivity index (χ3v) is 5.27. The Morgan fingerprint density at radius 2 is 1.13 bits per heavy atom. The molecule has 0 rings (SSSR count). The summed E-state index contributed by atoms with van der Waals surface area (Å²) >= 11 is 0. The van der Waals surface area contributed by atoms with Crippen molar-refractivity contribution in [3.8, 4) is 0 Å². The molecule has 0 unspecified atom stereocenters. The van der Waals surface area contributed by atoms with Crippen LogP contribution in [0.2, 0.25) is 5.54 Å². The average Bonchev–Trinajstić information content (AvgIpc) is 2.01. The van der Waals surface area contributed by atoms with E-state index in [1.807, 2.05) is 0 Å². The van der Waals surface area contributed by atoms with Crippen LogP contribution in [0.5, 0.6) is 0 Å². The molecule has 0 saturated carbocycles. The number of rotatable bonds is 4. The quantitative estimate of drug-likeness (QED) is 0.545. The van der Waals surface area contributed by atoms with Crippen LogP contribution in [0.3, 0.4) is 0 Å². The van der Waals surface area contributed by atoms with Crippen LogP contribution in [0.1, 0.15) is 41.5 Å². The fraction of sp³-hybridized carbons (Fsp3) is 1.00. The minimum atomic E-state index is -0.0616. The topological polar surface area (TPSA) is 18.5 Å². The zero-order valence-corrected chi connectivity index (χ0v) is 12.5. The number of hydrogen-bond acceptors (Lipinski definition) is 2. The average molecular weight is 230 g/mol. The van der Waals surface area contributed by atoms with E-state index in [0.717, 1.165) is 0 Å². The Morgan fingerprint density at radius 3 is 1.33 bits per heavy atom. The molecule has 0 spiro atoms. The maximum atomic E-state index is 5.31. The molecule has 0 aliphatic rings. The van der Waals surface area contributed by atoms with Crippen LogP contribution in [0.4, 0.5) is 0 Å². The van der Waals surface area contributed by atoms with Gasteiger partial charge in [-0.2, -0.15) is 0 Å².